The third kappa shape index (κ3) is 5.25. The van der Waals surface area contributed by atoms with Crippen LogP contribution in [0.25, 0.3) is 0 Å². The van der Waals surface area contributed by atoms with Gasteiger partial charge >= 0.3 is 5.97 Å². The Morgan fingerprint density at radius 3 is 2.68 bits per heavy atom. The summed E-state index contributed by atoms with van der Waals surface area (Å²) in [7, 11) is -3.00. The van der Waals surface area contributed by atoms with E-state index >= 15 is 0 Å². The van der Waals surface area contributed by atoms with Crippen LogP contribution in [0.2, 0.25) is 0 Å². The largest absolute Gasteiger partial charge is 0.481 e. The van der Waals surface area contributed by atoms with Crippen molar-refractivity contribution < 1.29 is 23.5 Å². The van der Waals surface area contributed by atoms with Gasteiger partial charge in [0.25, 0.3) is 0 Å². The second-order valence-corrected chi connectivity index (χ2v) is 6.58. The summed E-state index contributed by atoms with van der Waals surface area (Å²) in [5, 5.41) is 25.8. The molecule has 0 spiro atoms. The number of rotatable bonds is 5. The Balaban J connectivity index is 2.58. The first-order valence-corrected chi connectivity index (χ1v) is 7.60. The van der Waals surface area contributed by atoms with Gasteiger partial charge in [0, 0.05) is 6.42 Å². The van der Waals surface area contributed by atoms with Gasteiger partial charge in [0.15, 0.2) is 9.84 Å². The fourth-order valence-electron chi connectivity index (χ4n) is 1.68. The molecule has 108 valence electrons. The molecule has 0 bridgehead atoms. The normalized spacial score (nSPS) is 23.7. The molecule has 1 fully saturated rings. The van der Waals surface area contributed by atoms with E-state index in [1.165, 1.54) is 6.21 Å². The first-order chi connectivity index (χ1) is 8.84. The van der Waals surface area contributed by atoms with E-state index in [4.69, 9.17) is 10.3 Å². The number of oxime groups is 1. The molecule has 8 nitrogen and oxygen atoms in total. The molecule has 1 saturated heterocycles. The van der Waals surface area contributed by atoms with Gasteiger partial charge in [-0.15, -0.1) is 0 Å². The predicted molar refractivity (Wildman–Crippen MR) is 69.4 cm³/mol. The smallest absolute Gasteiger partial charge is 0.303 e. The molecule has 0 radical (unpaired) electrons. The highest BCUT2D eigenvalue weighted by Gasteiger charge is 2.27. The summed E-state index contributed by atoms with van der Waals surface area (Å²) in [6.45, 7) is 2.01. The maximum atomic E-state index is 11.4. The maximum absolute atomic E-state index is 11.4. The van der Waals surface area contributed by atoms with Crippen molar-refractivity contribution in [2.24, 2.45) is 10.3 Å². The second kappa shape index (κ2) is 6.50. The molecule has 0 aliphatic carbocycles. The van der Waals surface area contributed by atoms with E-state index in [-0.39, 0.29) is 42.6 Å². The molecule has 19 heavy (non-hydrogen) atoms. The van der Waals surface area contributed by atoms with Crippen molar-refractivity contribution in [3.05, 3.63) is 0 Å². The van der Waals surface area contributed by atoms with Crippen LogP contribution in [0.5, 0.6) is 0 Å². The Morgan fingerprint density at radius 1 is 1.47 bits per heavy atom. The Hall–Kier alpha value is -1.64. The number of hydrazone groups is 1. The van der Waals surface area contributed by atoms with Gasteiger partial charge in [0.05, 0.1) is 36.7 Å². The molecular weight excluding hydrogens is 274 g/mol. The summed E-state index contributed by atoms with van der Waals surface area (Å²) in [6, 6.07) is -0.255. The topological polar surface area (TPSA) is 120 Å². The van der Waals surface area contributed by atoms with E-state index in [0.29, 0.717) is 0 Å². The van der Waals surface area contributed by atoms with Crippen LogP contribution < -0.4 is 0 Å². The molecule has 0 aromatic carbocycles. The zero-order valence-electron chi connectivity index (χ0n) is 10.6. The number of hydrogen-bond acceptors (Lipinski definition) is 7. The number of hydrogen-bond donors (Lipinski definition) is 2. The van der Waals surface area contributed by atoms with Gasteiger partial charge in [0.2, 0.25) is 0 Å². The number of aliphatic carboxylic acids is 1. The first-order valence-electron chi connectivity index (χ1n) is 5.78. The van der Waals surface area contributed by atoms with Gasteiger partial charge in [-0.1, -0.05) is 5.16 Å². The highest BCUT2D eigenvalue weighted by molar-refractivity contribution is 7.91. The second-order valence-electron chi connectivity index (χ2n) is 4.36. The molecule has 1 aliphatic rings. The SMILES string of the molecule is CC1CS(=O)(=O)CCN1/N=C/C(CCC(=O)O)=N\O. The molecule has 1 aliphatic heterocycles. The molecule has 0 aromatic rings. The lowest BCUT2D eigenvalue weighted by Gasteiger charge is -2.30. The monoisotopic (exact) mass is 291 g/mol. The summed E-state index contributed by atoms with van der Waals surface area (Å²) in [5.74, 6) is -0.924. The van der Waals surface area contributed by atoms with Crippen molar-refractivity contribution in [3.8, 4) is 0 Å². The van der Waals surface area contributed by atoms with Crippen molar-refractivity contribution in [1.29, 1.82) is 0 Å². The van der Waals surface area contributed by atoms with E-state index in [1.54, 1.807) is 11.9 Å². The van der Waals surface area contributed by atoms with E-state index in [2.05, 4.69) is 10.3 Å². The van der Waals surface area contributed by atoms with Crippen LogP contribution in [0, 0.1) is 0 Å². The average Bonchev–Trinajstić information content (AvgIpc) is 2.30. The van der Waals surface area contributed by atoms with Crippen LogP contribution in [0.1, 0.15) is 19.8 Å². The van der Waals surface area contributed by atoms with Gasteiger partial charge < -0.3 is 10.3 Å². The van der Waals surface area contributed by atoms with Crippen molar-refractivity contribution in [2.45, 2.75) is 25.8 Å². The standard InChI is InChI=1S/C10H17N3O5S/c1-8-7-19(17,18)5-4-13(8)11-6-9(12-16)2-3-10(14)15/h6,8,16H,2-5,7H2,1H3,(H,14,15)/b11-6+,12-9-. The summed E-state index contributed by atoms with van der Waals surface area (Å²) in [6.07, 6.45) is 1.17. The van der Waals surface area contributed by atoms with Crippen LogP contribution in [-0.2, 0) is 14.6 Å². The van der Waals surface area contributed by atoms with Gasteiger partial charge in [-0.25, -0.2) is 8.42 Å². The van der Waals surface area contributed by atoms with Gasteiger partial charge in [-0.2, -0.15) is 5.10 Å². The van der Waals surface area contributed by atoms with E-state index in [1.807, 2.05) is 0 Å². The molecule has 9 heteroatoms. The van der Waals surface area contributed by atoms with Crippen LogP contribution in [-0.4, -0.2) is 65.7 Å². The number of carboxylic acid groups (broad SMARTS) is 1. The number of carboxylic acids is 1. The summed E-state index contributed by atoms with van der Waals surface area (Å²) >= 11 is 0. The van der Waals surface area contributed by atoms with E-state index in [9.17, 15) is 13.2 Å². The third-order valence-corrected chi connectivity index (χ3v) is 4.51. The summed E-state index contributed by atoms with van der Waals surface area (Å²) in [4.78, 5) is 10.4. The van der Waals surface area contributed by atoms with Gasteiger partial charge in [-0.05, 0) is 6.92 Å². The maximum Gasteiger partial charge on any atom is 0.303 e. The lowest BCUT2D eigenvalue weighted by atomic mass is 10.2. The minimum atomic E-state index is -3.00. The van der Waals surface area contributed by atoms with Crippen LogP contribution in [0.4, 0.5) is 0 Å². The molecule has 1 unspecified atom stereocenters. The zero-order valence-corrected chi connectivity index (χ0v) is 11.4. The highest BCUT2D eigenvalue weighted by atomic mass is 32.2. The molecule has 2 N–H and O–H groups in total. The molecule has 1 rings (SSSR count). The molecular formula is C10H17N3O5S. The van der Waals surface area contributed by atoms with Crippen LogP contribution >= 0.6 is 0 Å². The van der Waals surface area contributed by atoms with E-state index < -0.39 is 15.8 Å². The Kier molecular flexibility index (Phi) is 5.28. The van der Waals surface area contributed by atoms with Gasteiger partial charge in [-0.3, -0.25) is 9.80 Å². The zero-order chi connectivity index (χ0) is 14.5. The van der Waals surface area contributed by atoms with Crippen LogP contribution in [0.3, 0.4) is 0 Å². The van der Waals surface area contributed by atoms with E-state index in [0.717, 1.165) is 0 Å². The lowest BCUT2D eigenvalue weighted by molar-refractivity contribution is -0.136. The quantitative estimate of drug-likeness (QED) is 0.411. The molecule has 0 amide bonds. The highest BCUT2D eigenvalue weighted by Crippen LogP contribution is 2.11. The van der Waals surface area contributed by atoms with Crippen LogP contribution in [0.15, 0.2) is 10.3 Å². The Bertz CT molecular complexity index is 485. The average molecular weight is 291 g/mol. The fourth-order valence-corrected chi connectivity index (χ4v) is 3.22. The lowest BCUT2D eigenvalue weighted by Crippen LogP contribution is -2.44. The van der Waals surface area contributed by atoms with Crippen molar-refractivity contribution >= 4 is 27.7 Å². The predicted octanol–water partition coefficient (Wildman–Crippen LogP) is -0.214. The minimum absolute atomic E-state index is 0.0328. The summed E-state index contributed by atoms with van der Waals surface area (Å²) in [5.41, 5.74) is 0.142. The fraction of sp³-hybridized carbons (Fsp3) is 0.700. The summed E-state index contributed by atoms with van der Waals surface area (Å²) < 4.78 is 22.7. The number of nitrogens with zero attached hydrogens (tertiary/aromatic N) is 3. The number of sulfone groups is 1. The number of carbonyl (C=O) groups is 1. The van der Waals surface area contributed by atoms with Crippen molar-refractivity contribution in [2.75, 3.05) is 18.1 Å². The minimum Gasteiger partial charge on any atom is -0.481 e. The van der Waals surface area contributed by atoms with Gasteiger partial charge in [0.1, 0.15) is 5.71 Å². The van der Waals surface area contributed by atoms with Crippen molar-refractivity contribution in [1.82, 2.24) is 5.01 Å². The Labute approximate surface area is 111 Å². The molecule has 0 aromatic heterocycles. The molecule has 1 atom stereocenters. The molecule has 1 heterocycles. The van der Waals surface area contributed by atoms with Crippen molar-refractivity contribution in [3.63, 3.8) is 0 Å². The Morgan fingerprint density at radius 2 is 2.16 bits per heavy atom. The molecule has 0 saturated carbocycles. The third-order valence-electron chi connectivity index (χ3n) is 2.71. The first kappa shape index (κ1) is 15.4.